The molecule has 4 aromatic rings. The van der Waals surface area contributed by atoms with Gasteiger partial charge in [0.2, 0.25) is 5.78 Å². The molecule has 0 radical (unpaired) electrons. The molecular weight excluding hydrogens is 380 g/mol. The number of aryl methyl sites for hydroxylation is 4. The van der Waals surface area contributed by atoms with E-state index in [9.17, 15) is 9.59 Å². The summed E-state index contributed by atoms with van der Waals surface area (Å²) < 4.78 is 6.75. The van der Waals surface area contributed by atoms with Gasteiger partial charge in [0, 0.05) is 32.0 Å². The van der Waals surface area contributed by atoms with Crippen LogP contribution in [0.25, 0.3) is 16.9 Å². The van der Waals surface area contributed by atoms with Gasteiger partial charge >= 0.3 is 5.69 Å². The number of fused-ring (bicyclic) bond motifs is 3. The maximum atomic E-state index is 13.3. The number of hydrogen-bond donors (Lipinski definition) is 0. The van der Waals surface area contributed by atoms with Crippen LogP contribution in [0, 0.1) is 6.92 Å². The average Bonchev–Trinajstić information content (AvgIpc) is 3.22. The molecule has 0 spiro atoms. The van der Waals surface area contributed by atoms with E-state index < -0.39 is 0 Å². The van der Waals surface area contributed by atoms with Crippen LogP contribution in [-0.2, 0) is 26.6 Å². The molecule has 0 saturated heterocycles. The van der Waals surface area contributed by atoms with Crippen LogP contribution in [0.15, 0.2) is 46.1 Å². The summed E-state index contributed by atoms with van der Waals surface area (Å²) in [5.41, 5.74) is 2.39. The van der Waals surface area contributed by atoms with E-state index in [2.05, 4.69) is 28.5 Å². The Hall–Kier alpha value is -3.13. The minimum absolute atomic E-state index is 0.290. The SMILES string of the molecule is Cc1cn2c3c(=O)n(CCc4ccccc4)c(=O)n(C)c3nc2n1CCCN(C)C. The molecule has 3 aromatic heterocycles. The van der Waals surface area contributed by atoms with Crippen LogP contribution in [0.3, 0.4) is 0 Å². The van der Waals surface area contributed by atoms with Gasteiger partial charge in [-0.15, -0.1) is 0 Å². The van der Waals surface area contributed by atoms with Crippen molar-refractivity contribution in [2.24, 2.45) is 7.05 Å². The minimum Gasteiger partial charge on any atom is -0.314 e. The van der Waals surface area contributed by atoms with Crippen LogP contribution in [0.1, 0.15) is 17.7 Å². The predicted octanol–water partition coefficient (Wildman–Crippen LogP) is 1.65. The van der Waals surface area contributed by atoms with Gasteiger partial charge in [0.05, 0.1) is 0 Å². The zero-order valence-corrected chi connectivity index (χ0v) is 18.0. The van der Waals surface area contributed by atoms with E-state index in [-0.39, 0.29) is 11.2 Å². The van der Waals surface area contributed by atoms with Crippen molar-refractivity contribution in [3.8, 4) is 0 Å². The highest BCUT2D eigenvalue weighted by atomic mass is 16.2. The smallest absolute Gasteiger partial charge is 0.314 e. The highest BCUT2D eigenvalue weighted by molar-refractivity contribution is 5.75. The molecule has 0 aliphatic carbocycles. The maximum Gasteiger partial charge on any atom is 0.332 e. The molecule has 3 heterocycles. The summed E-state index contributed by atoms with van der Waals surface area (Å²) in [5.74, 6) is 0.703. The fourth-order valence-electron chi connectivity index (χ4n) is 3.96. The van der Waals surface area contributed by atoms with Crippen molar-refractivity contribution in [2.75, 3.05) is 20.6 Å². The molecule has 0 unspecified atom stereocenters. The van der Waals surface area contributed by atoms with Gasteiger partial charge in [0.25, 0.3) is 5.56 Å². The lowest BCUT2D eigenvalue weighted by Gasteiger charge is -2.10. The summed E-state index contributed by atoms with van der Waals surface area (Å²) in [4.78, 5) is 33.0. The Morgan fingerprint density at radius 1 is 1.03 bits per heavy atom. The van der Waals surface area contributed by atoms with Crippen LogP contribution in [0.5, 0.6) is 0 Å². The lowest BCUT2D eigenvalue weighted by atomic mass is 10.1. The fourth-order valence-corrected chi connectivity index (χ4v) is 3.96. The molecular formula is C22H28N6O2. The number of imidazole rings is 2. The molecule has 30 heavy (non-hydrogen) atoms. The van der Waals surface area contributed by atoms with Crippen molar-refractivity contribution < 1.29 is 0 Å². The van der Waals surface area contributed by atoms with Gasteiger partial charge in [-0.3, -0.25) is 18.3 Å². The molecule has 8 heteroatoms. The van der Waals surface area contributed by atoms with Gasteiger partial charge in [-0.25, -0.2) is 4.79 Å². The van der Waals surface area contributed by atoms with Crippen LogP contribution >= 0.6 is 0 Å². The minimum atomic E-state index is -0.333. The van der Waals surface area contributed by atoms with Crippen molar-refractivity contribution in [3.63, 3.8) is 0 Å². The second-order valence-electron chi connectivity index (χ2n) is 8.07. The summed E-state index contributed by atoms with van der Waals surface area (Å²) in [7, 11) is 5.78. The van der Waals surface area contributed by atoms with Gasteiger partial charge in [-0.2, -0.15) is 4.98 Å². The van der Waals surface area contributed by atoms with E-state index in [1.807, 2.05) is 47.9 Å². The highest BCUT2D eigenvalue weighted by Gasteiger charge is 2.20. The molecule has 0 fully saturated rings. The van der Waals surface area contributed by atoms with Crippen LogP contribution in [0.2, 0.25) is 0 Å². The van der Waals surface area contributed by atoms with Crippen molar-refractivity contribution >= 4 is 16.9 Å². The summed E-state index contributed by atoms with van der Waals surface area (Å²) in [6.45, 7) is 4.13. The second-order valence-corrected chi connectivity index (χ2v) is 8.07. The Morgan fingerprint density at radius 2 is 1.77 bits per heavy atom. The Morgan fingerprint density at radius 3 is 2.47 bits per heavy atom. The first-order valence-corrected chi connectivity index (χ1v) is 10.2. The monoisotopic (exact) mass is 408 g/mol. The van der Waals surface area contributed by atoms with E-state index in [1.54, 1.807) is 7.05 Å². The largest absolute Gasteiger partial charge is 0.332 e. The topological polar surface area (TPSA) is 69.5 Å². The quantitative estimate of drug-likeness (QED) is 0.466. The first-order valence-electron chi connectivity index (χ1n) is 10.2. The number of benzene rings is 1. The third kappa shape index (κ3) is 3.47. The highest BCUT2D eigenvalue weighted by Crippen LogP contribution is 2.16. The molecule has 0 aliphatic heterocycles. The van der Waals surface area contributed by atoms with Gasteiger partial charge in [0.15, 0.2) is 11.2 Å². The molecule has 0 bridgehead atoms. The van der Waals surface area contributed by atoms with Crippen LogP contribution < -0.4 is 11.2 Å². The zero-order valence-electron chi connectivity index (χ0n) is 18.0. The Labute approximate surface area is 174 Å². The summed E-state index contributed by atoms with van der Waals surface area (Å²) in [6, 6.07) is 9.88. The zero-order chi connectivity index (χ0) is 21.4. The van der Waals surface area contributed by atoms with Crippen molar-refractivity contribution in [1.82, 2.24) is 28.0 Å². The maximum absolute atomic E-state index is 13.3. The molecule has 0 aliphatic rings. The summed E-state index contributed by atoms with van der Waals surface area (Å²) in [5, 5.41) is 0. The van der Waals surface area contributed by atoms with Crippen LogP contribution in [0.4, 0.5) is 0 Å². The predicted molar refractivity (Wildman–Crippen MR) is 118 cm³/mol. The molecule has 158 valence electrons. The molecule has 1 aromatic carbocycles. The van der Waals surface area contributed by atoms with Crippen molar-refractivity contribution in [3.05, 3.63) is 68.6 Å². The number of hydrogen-bond acceptors (Lipinski definition) is 4. The fraction of sp³-hybridized carbons (Fsp3) is 0.409. The number of rotatable bonds is 7. The average molecular weight is 409 g/mol. The first-order chi connectivity index (χ1) is 14.4. The van der Waals surface area contributed by atoms with E-state index >= 15 is 0 Å². The standard InChI is InChI=1S/C22H28N6O2/c1-16-15-28-18-19(23-21(28)26(16)13-8-12-24(2)3)25(4)22(30)27(20(18)29)14-11-17-9-6-5-7-10-17/h5-7,9-10,15H,8,11-14H2,1-4H3. The molecule has 0 saturated carbocycles. The molecule has 4 rings (SSSR count). The van der Waals surface area contributed by atoms with Gasteiger partial charge in [-0.1, -0.05) is 30.3 Å². The van der Waals surface area contributed by atoms with E-state index in [1.165, 1.54) is 9.13 Å². The lowest BCUT2D eigenvalue weighted by Crippen LogP contribution is -2.39. The van der Waals surface area contributed by atoms with E-state index in [4.69, 9.17) is 0 Å². The molecule has 0 amide bonds. The normalized spacial score (nSPS) is 11.9. The van der Waals surface area contributed by atoms with Crippen molar-refractivity contribution in [1.29, 1.82) is 0 Å². The Bertz CT molecular complexity index is 1310. The molecule has 0 atom stereocenters. The molecule has 0 N–H and O–H groups in total. The summed E-state index contributed by atoms with van der Waals surface area (Å²) in [6.07, 6.45) is 3.53. The first kappa shape index (κ1) is 20.2. The summed E-state index contributed by atoms with van der Waals surface area (Å²) >= 11 is 0. The van der Waals surface area contributed by atoms with Crippen LogP contribution in [-0.4, -0.2) is 48.6 Å². The number of nitrogens with zero attached hydrogens (tertiary/aromatic N) is 6. The third-order valence-electron chi connectivity index (χ3n) is 5.59. The van der Waals surface area contributed by atoms with Gasteiger partial charge < -0.3 is 9.47 Å². The van der Waals surface area contributed by atoms with Crippen molar-refractivity contribution in [2.45, 2.75) is 32.9 Å². The van der Waals surface area contributed by atoms with Gasteiger partial charge in [0.1, 0.15) is 0 Å². The third-order valence-corrected chi connectivity index (χ3v) is 5.59. The second kappa shape index (κ2) is 7.95. The van der Waals surface area contributed by atoms with E-state index in [0.717, 1.165) is 30.8 Å². The molecule has 8 nitrogen and oxygen atoms in total. The number of aromatic nitrogens is 5. The van der Waals surface area contributed by atoms with E-state index in [0.29, 0.717) is 29.9 Å². The Kier molecular flexibility index (Phi) is 5.34. The Balaban J connectivity index is 1.79. The van der Waals surface area contributed by atoms with Gasteiger partial charge in [-0.05, 0) is 46.0 Å². The lowest BCUT2D eigenvalue weighted by molar-refractivity contribution is 0.387.